The van der Waals surface area contributed by atoms with Crippen LogP contribution in [0.5, 0.6) is 5.88 Å². The smallest absolute Gasteiger partial charge is 0.410 e. The normalized spacial score (nSPS) is 14.9. The van der Waals surface area contributed by atoms with E-state index in [2.05, 4.69) is 9.97 Å². The summed E-state index contributed by atoms with van der Waals surface area (Å²) in [4.78, 5) is 33.6. The zero-order valence-corrected chi connectivity index (χ0v) is 15.8. The van der Waals surface area contributed by atoms with E-state index >= 15 is 0 Å². The van der Waals surface area contributed by atoms with E-state index in [4.69, 9.17) is 21.1 Å². The van der Waals surface area contributed by atoms with Crippen LogP contribution in [0.1, 0.15) is 38.1 Å². The fraction of sp³-hybridized carbons (Fsp3) is 0.444. The number of aromatic nitrogens is 2. The Hall–Kier alpha value is -2.41. The molecule has 8 heteroatoms. The van der Waals surface area contributed by atoms with Gasteiger partial charge in [0.25, 0.3) is 0 Å². The summed E-state index contributed by atoms with van der Waals surface area (Å²) in [5, 5.41) is 1.54. The first-order chi connectivity index (χ1) is 12.1. The zero-order chi connectivity index (χ0) is 19.1. The maximum Gasteiger partial charge on any atom is 0.410 e. The Labute approximate surface area is 156 Å². The number of ether oxygens (including phenoxy) is 2. The molecule has 0 bridgehead atoms. The van der Waals surface area contributed by atoms with Crippen molar-refractivity contribution in [2.24, 2.45) is 0 Å². The van der Waals surface area contributed by atoms with Gasteiger partial charge in [0.05, 0.1) is 18.5 Å². The summed E-state index contributed by atoms with van der Waals surface area (Å²) in [5.74, 6) is 0.249. The fourth-order valence-corrected chi connectivity index (χ4v) is 2.76. The lowest BCUT2D eigenvalue weighted by atomic mass is 10.1. The van der Waals surface area contributed by atoms with Gasteiger partial charge in [-0.3, -0.25) is 4.79 Å². The molecule has 7 nitrogen and oxygen atoms in total. The molecule has 0 aliphatic carbocycles. The Kier molecular flexibility index (Phi) is 4.75. The van der Waals surface area contributed by atoms with Crippen molar-refractivity contribution in [3.05, 3.63) is 29.2 Å². The van der Waals surface area contributed by atoms with Crippen molar-refractivity contribution in [2.45, 2.75) is 39.4 Å². The Morgan fingerprint density at radius 3 is 2.50 bits per heavy atom. The van der Waals surface area contributed by atoms with Crippen LogP contribution in [0.2, 0.25) is 5.15 Å². The average molecular weight is 378 g/mol. The number of hydrogen-bond donors (Lipinski definition) is 0. The Balaban J connectivity index is 1.74. The van der Waals surface area contributed by atoms with Crippen molar-refractivity contribution in [1.29, 1.82) is 0 Å². The number of amides is 1. The summed E-state index contributed by atoms with van der Waals surface area (Å²) < 4.78 is 11.2. The second kappa shape index (κ2) is 6.72. The molecule has 1 fully saturated rings. The van der Waals surface area contributed by atoms with Crippen LogP contribution >= 0.6 is 11.6 Å². The van der Waals surface area contributed by atoms with E-state index in [-0.39, 0.29) is 23.1 Å². The van der Waals surface area contributed by atoms with E-state index in [1.807, 2.05) is 20.8 Å². The van der Waals surface area contributed by atoms with Gasteiger partial charge < -0.3 is 14.4 Å². The second-order valence-corrected chi connectivity index (χ2v) is 7.60. The SMILES string of the molecule is CC(=O)c1cnc(OC2CN(C(=O)OC(C)(C)C)C2)c2cnc(Cl)cc12. The minimum absolute atomic E-state index is 0.115. The zero-order valence-electron chi connectivity index (χ0n) is 15.1. The molecule has 0 spiro atoms. The molecule has 0 saturated carbocycles. The van der Waals surface area contributed by atoms with E-state index in [0.717, 1.165) is 0 Å². The van der Waals surface area contributed by atoms with Gasteiger partial charge in [-0.2, -0.15) is 0 Å². The third-order valence-electron chi connectivity index (χ3n) is 3.86. The van der Waals surface area contributed by atoms with E-state index in [1.54, 1.807) is 11.0 Å². The third-order valence-corrected chi connectivity index (χ3v) is 4.07. The molecule has 3 heterocycles. The van der Waals surface area contributed by atoms with Crippen LogP contribution in [0.4, 0.5) is 4.79 Å². The first kappa shape index (κ1) is 18.4. The van der Waals surface area contributed by atoms with Crippen molar-refractivity contribution in [2.75, 3.05) is 13.1 Å². The highest BCUT2D eigenvalue weighted by Gasteiger charge is 2.35. The van der Waals surface area contributed by atoms with E-state index in [0.29, 0.717) is 35.3 Å². The summed E-state index contributed by atoms with van der Waals surface area (Å²) in [6.07, 6.45) is 2.45. The number of pyridine rings is 2. The summed E-state index contributed by atoms with van der Waals surface area (Å²) in [7, 11) is 0. The predicted molar refractivity (Wildman–Crippen MR) is 96.8 cm³/mol. The van der Waals surface area contributed by atoms with Crippen molar-refractivity contribution >= 4 is 34.2 Å². The molecule has 1 aliphatic heterocycles. The molecule has 0 unspecified atom stereocenters. The average Bonchev–Trinajstić information content (AvgIpc) is 2.47. The van der Waals surface area contributed by atoms with Crippen LogP contribution in [-0.2, 0) is 4.74 Å². The maximum absolute atomic E-state index is 12.0. The van der Waals surface area contributed by atoms with Gasteiger partial charge in [-0.1, -0.05) is 11.6 Å². The summed E-state index contributed by atoms with van der Waals surface area (Å²) >= 11 is 5.96. The van der Waals surface area contributed by atoms with Gasteiger partial charge in [-0.05, 0) is 33.8 Å². The number of nitrogens with zero attached hydrogens (tertiary/aromatic N) is 3. The highest BCUT2D eigenvalue weighted by atomic mass is 35.5. The first-order valence-corrected chi connectivity index (χ1v) is 8.61. The molecule has 0 radical (unpaired) electrons. The first-order valence-electron chi connectivity index (χ1n) is 8.24. The molecule has 1 aliphatic rings. The number of halogens is 1. The molecule has 0 N–H and O–H groups in total. The minimum Gasteiger partial charge on any atom is -0.470 e. The Morgan fingerprint density at radius 1 is 1.19 bits per heavy atom. The fourth-order valence-electron chi connectivity index (χ4n) is 2.61. The monoisotopic (exact) mass is 377 g/mol. The van der Waals surface area contributed by atoms with Gasteiger partial charge in [0.2, 0.25) is 5.88 Å². The molecule has 0 atom stereocenters. The number of rotatable bonds is 3. The van der Waals surface area contributed by atoms with Crippen LogP contribution in [-0.4, -0.2) is 51.5 Å². The van der Waals surface area contributed by atoms with E-state index in [1.165, 1.54) is 19.3 Å². The number of ketones is 1. The number of Topliss-reactive ketones (excluding diaryl/α,β-unsaturated/α-hetero) is 1. The number of hydrogen-bond acceptors (Lipinski definition) is 6. The third kappa shape index (κ3) is 3.88. The summed E-state index contributed by atoms with van der Waals surface area (Å²) in [6.45, 7) is 7.76. The molecule has 2 aromatic heterocycles. The van der Waals surface area contributed by atoms with Gasteiger partial charge >= 0.3 is 6.09 Å². The molecular weight excluding hydrogens is 358 g/mol. The van der Waals surface area contributed by atoms with Gasteiger partial charge in [-0.25, -0.2) is 14.8 Å². The lowest BCUT2D eigenvalue weighted by Gasteiger charge is -2.39. The Morgan fingerprint density at radius 2 is 1.88 bits per heavy atom. The number of fused-ring (bicyclic) bond motifs is 1. The van der Waals surface area contributed by atoms with Crippen LogP contribution in [0.3, 0.4) is 0 Å². The highest BCUT2D eigenvalue weighted by Crippen LogP contribution is 2.29. The van der Waals surface area contributed by atoms with Crippen LogP contribution in [0.15, 0.2) is 18.5 Å². The van der Waals surface area contributed by atoms with E-state index in [9.17, 15) is 9.59 Å². The van der Waals surface area contributed by atoms with Crippen LogP contribution in [0, 0.1) is 0 Å². The number of carbonyl (C=O) groups excluding carboxylic acids is 2. The molecular formula is C18H20ClN3O4. The minimum atomic E-state index is -0.533. The predicted octanol–water partition coefficient (Wildman–Crippen LogP) is 3.48. The molecule has 138 valence electrons. The lowest BCUT2D eigenvalue weighted by Crippen LogP contribution is -2.57. The van der Waals surface area contributed by atoms with Crippen LogP contribution < -0.4 is 4.74 Å². The van der Waals surface area contributed by atoms with Crippen molar-refractivity contribution in [1.82, 2.24) is 14.9 Å². The standard InChI is InChI=1S/C18H20ClN3O4/c1-10(23)13-6-21-16(14-7-20-15(19)5-12(13)14)25-11-8-22(9-11)17(24)26-18(2,3)4/h5-7,11H,8-9H2,1-4H3. The molecule has 3 rings (SSSR count). The number of likely N-dealkylation sites (tertiary alicyclic amines) is 1. The maximum atomic E-state index is 12.0. The molecule has 26 heavy (non-hydrogen) atoms. The highest BCUT2D eigenvalue weighted by molar-refractivity contribution is 6.30. The molecule has 1 saturated heterocycles. The lowest BCUT2D eigenvalue weighted by molar-refractivity contribution is -0.0228. The second-order valence-electron chi connectivity index (χ2n) is 7.21. The Bertz CT molecular complexity index is 873. The van der Waals surface area contributed by atoms with Crippen molar-refractivity contribution in [3.8, 4) is 5.88 Å². The van der Waals surface area contributed by atoms with Gasteiger partial charge in [0.15, 0.2) is 5.78 Å². The largest absolute Gasteiger partial charge is 0.470 e. The topological polar surface area (TPSA) is 81.6 Å². The number of carbonyl (C=O) groups is 2. The molecule has 0 aromatic carbocycles. The summed E-state index contributed by atoms with van der Waals surface area (Å²) in [5.41, 5.74) is -0.0746. The van der Waals surface area contributed by atoms with E-state index < -0.39 is 5.60 Å². The van der Waals surface area contributed by atoms with Gasteiger partial charge in [0, 0.05) is 23.3 Å². The van der Waals surface area contributed by atoms with Gasteiger partial charge in [0.1, 0.15) is 16.9 Å². The van der Waals surface area contributed by atoms with Crippen molar-refractivity contribution < 1.29 is 19.1 Å². The molecule has 2 aromatic rings. The summed E-state index contributed by atoms with van der Waals surface area (Å²) in [6, 6.07) is 1.62. The van der Waals surface area contributed by atoms with Gasteiger partial charge in [-0.15, -0.1) is 0 Å². The van der Waals surface area contributed by atoms with Crippen molar-refractivity contribution in [3.63, 3.8) is 0 Å². The molecule has 1 amide bonds. The van der Waals surface area contributed by atoms with Crippen LogP contribution in [0.25, 0.3) is 10.8 Å². The quantitative estimate of drug-likeness (QED) is 0.601.